The van der Waals surface area contributed by atoms with E-state index in [9.17, 15) is 12.8 Å². The van der Waals surface area contributed by atoms with Gasteiger partial charge in [-0.15, -0.1) is 0 Å². The summed E-state index contributed by atoms with van der Waals surface area (Å²) in [4.78, 5) is 3.21. The van der Waals surface area contributed by atoms with Crippen molar-refractivity contribution >= 4 is 10.0 Å². The van der Waals surface area contributed by atoms with Crippen LogP contribution in [0.1, 0.15) is 0 Å². The van der Waals surface area contributed by atoms with Gasteiger partial charge in [0.2, 0.25) is 10.0 Å². The summed E-state index contributed by atoms with van der Waals surface area (Å²) in [5.74, 6) is -0.720. The lowest BCUT2D eigenvalue weighted by Gasteiger charge is -2.14. The first-order valence-corrected chi connectivity index (χ1v) is 6.13. The summed E-state index contributed by atoms with van der Waals surface area (Å²) in [5, 5.41) is 0. The lowest BCUT2D eigenvalue weighted by Crippen LogP contribution is -2.34. The van der Waals surface area contributed by atoms with E-state index >= 15 is 0 Å². The van der Waals surface area contributed by atoms with Gasteiger partial charge in [-0.1, -0.05) is 0 Å². The van der Waals surface area contributed by atoms with Crippen LogP contribution in [0.5, 0.6) is 0 Å². The van der Waals surface area contributed by atoms with E-state index in [1.165, 1.54) is 14.2 Å². The highest BCUT2D eigenvalue weighted by Gasteiger charge is 2.17. The van der Waals surface area contributed by atoms with Crippen molar-refractivity contribution in [3.8, 4) is 0 Å². The number of rotatable bonds is 6. The molecule has 0 aliphatic carbocycles. The Morgan fingerprint density at radius 1 is 1.41 bits per heavy atom. The number of pyridine rings is 1. The van der Waals surface area contributed by atoms with Crippen LogP contribution in [0.4, 0.5) is 4.39 Å². The quantitative estimate of drug-likeness (QED) is 0.738. The van der Waals surface area contributed by atoms with Crippen LogP contribution in [0.3, 0.4) is 0 Å². The second kappa shape index (κ2) is 6.01. The lowest BCUT2D eigenvalue weighted by atomic mass is 10.5. The number of methoxy groups -OCH3 is 2. The van der Waals surface area contributed by atoms with Gasteiger partial charge in [0.25, 0.3) is 0 Å². The molecular weight excluding hydrogens is 251 g/mol. The standard InChI is InChI=1S/C9H13FN2O4S/c1-15-9(16-2)6-12-17(13,14)8-3-7(10)4-11-5-8/h3-5,9,12H,6H2,1-2H3. The van der Waals surface area contributed by atoms with Crippen molar-refractivity contribution in [3.63, 3.8) is 0 Å². The van der Waals surface area contributed by atoms with E-state index in [0.29, 0.717) is 0 Å². The average molecular weight is 264 g/mol. The van der Waals surface area contributed by atoms with Gasteiger partial charge in [-0.25, -0.2) is 17.5 Å². The fourth-order valence-corrected chi connectivity index (χ4v) is 2.05. The van der Waals surface area contributed by atoms with E-state index in [4.69, 9.17) is 9.47 Å². The van der Waals surface area contributed by atoms with E-state index < -0.39 is 22.1 Å². The molecule has 96 valence electrons. The van der Waals surface area contributed by atoms with Crippen molar-refractivity contribution < 1.29 is 22.3 Å². The SMILES string of the molecule is COC(CNS(=O)(=O)c1cncc(F)c1)OC. The van der Waals surface area contributed by atoms with Crippen LogP contribution in [-0.2, 0) is 19.5 Å². The predicted octanol–water partition coefficient (Wildman–Crippen LogP) is 0.118. The van der Waals surface area contributed by atoms with Crippen LogP contribution in [0.25, 0.3) is 0 Å². The maximum Gasteiger partial charge on any atom is 0.242 e. The molecule has 1 rings (SSSR count). The molecule has 1 N–H and O–H groups in total. The highest BCUT2D eigenvalue weighted by atomic mass is 32.2. The number of sulfonamides is 1. The first-order chi connectivity index (χ1) is 7.99. The number of halogens is 1. The largest absolute Gasteiger partial charge is 0.355 e. The third kappa shape index (κ3) is 4.00. The molecular formula is C9H13FN2O4S. The van der Waals surface area contributed by atoms with Gasteiger partial charge < -0.3 is 9.47 Å². The molecule has 1 heterocycles. The number of ether oxygens (including phenoxy) is 2. The molecule has 17 heavy (non-hydrogen) atoms. The Bertz CT molecular complexity index is 462. The zero-order chi connectivity index (χ0) is 12.9. The molecule has 0 aliphatic heterocycles. The summed E-state index contributed by atoms with van der Waals surface area (Å²) in [7, 11) is -1.05. The number of nitrogens with one attached hydrogen (secondary N) is 1. The van der Waals surface area contributed by atoms with Crippen molar-refractivity contribution in [3.05, 3.63) is 24.3 Å². The first kappa shape index (κ1) is 14.0. The molecule has 1 aromatic heterocycles. The summed E-state index contributed by atoms with van der Waals surface area (Å²) in [6, 6.07) is 0.879. The van der Waals surface area contributed by atoms with Gasteiger partial charge in [-0.05, 0) is 6.07 Å². The van der Waals surface area contributed by atoms with E-state index in [0.717, 1.165) is 18.5 Å². The first-order valence-electron chi connectivity index (χ1n) is 4.65. The fourth-order valence-electron chi connectivity index (χ4n) is 1.06. The van der Waals surface area contributed by atoms with Crippen LogP contribution in [0.2, 0.25) is 0 Å². The van der Waals surface area contributed by atoms with E-state index in [1.54, 1.807) is 0 Å². The van der Waals surface area contributed by atoms with Gasteiger partial charge in [0, 0.05) is 20.4 Å². The van der Waals surface area contributed by atoms with Gasteiger partial charge in [0.05, 0.1) is 12.7 Å². The number of hydrogen-bond donors (Lipinski definition) is 1. The van der Waals surface area contributed by atoms with Crippen molar-refractivity contribution in [2.75, 3.05) is 20.8 Å². The van der Waals surface area contributed by atoms with Gasteiger partial charge in [0.1, 0.15) is 10.7 Å². The number of hydrogen-bond acceptors (Lipinski definition) is 5. The van der Waals surface area contributed by atoms with Crippen LogP contribution in [0.15, 0.2) is 23.4 Å². The Morgan fingerprint density at radius 2 is 2.06 bits per heavy atom. The minimum atomic E-state index is -3.81. The predicted molar refractivity (Wildman–Crippen MR) is 57.2 cm³/mol. The molecule has 1 aromatic rings. The van der Waals surface area contributed by atoms with E-state index in [2.05, 4.69) is 9.71 Å². The van der Waals surface area contributed by atoms with Gasteiger partial charge >= 0.3 is 0 Å². The summed E-state index contributed by atoms with van der Waals surface area (Å²) in [6.45, 7) is -0.0775. The molecule has 0 atom stereocenters. The molecule has 0 amide bonds. The molecule has 0 saturated heterocycles. The zero-order valence-electron chi connectivity index (χ0n) is 9.38. The lowest BCUT2D eigenvalue weighted by molar-refractivity contribution is -0.0960. The molecule has 0 radical (unpaired) electrons. The van der Waals surface area contributed by atoms with Gasteiger partial charge in [-0.2, -0.15) is 0 Å². The third-order valence-electron chi connectivity index (χ3n) is 1.96. The molecule has 0 aliphatic rings. The monoisotopic (exact) mass is 264 g/mol. The molecule has 6 nitrogen and oxygen atoms in total. The smallest absolute Gasteiger partial charge is 0.242 e. The van der Waals surface area contributed by atoms with Crippen molar-refractivity contribution in [2.24, 2.45) is 0 Å². The topological polar surface area (TPSA) is 77.5 Å². The third-order valence-corrected chi connectivity index (χ3v) is 3.35. The molecule has 0 unspecified atom stereocenters. The molecule has 0 spiro atoms. The van der Waals surface area contributed by atoms with Crippen LogP contribution >= 0.6 is 0 Å². The minimum absolute atomic E-state index is 0.0775. The van der Waals surface area contributed by atoms with Gasteiger partial charge in [0.15, 0.2) is 6.29 Å². The number of nitrogens with zero attached hydrogens (tertiary/aromatic N) is 1. The molecule has 0 saturated carbocycles. The van der Waals surface area contributed by atoms with Crippen LogP contribution in [0, 0.1) is 5.82 Å². The molecule has 8 heteroatoms. The van der Waals surface area contributed by atoms with Crippen molar-refractivity contribution in [1.29, 1.82) is 0 Å². The highest BCUT2D eigenvalue weighted by Crippen LogP contribution is 2.08. The second-order valence-corrected chi connectivity index (χ2v) is 4.86. The van der Waals surface area contributed by atoms with E-state index in [1.807, 2.05) is 0 Å². The Hall–Kier alpha value is -1.09. The second-order valence-electron chi connectivity index (χ2n) is 3.09. The Kier molecular flexibility index (Phi) is 4.94. The summed E-state index contributed by atoms with van der Waals surface area (Å²) < 4.78 is 48.1. The number of aromatic nitrogens is 1. The maximum absolute atomic E-state index is 12.8. The molecule has 0 aromatic carbocycles. The van der Waals surface area contributed by atoms with Crippen LogP contribution < -0.4 is 4.72 Å². The van der Waals surface area contributed by atoms with Crippen molar-refractivity contribution in [2.45, 2.75) is 11.2 Å². The highest BCUT2D eigenvalue weighted by molar-refractivity contribution is 7.89. The summed E-state index contributed by atoms with van der Waals surface area (Å²) in [6.07, 6.45) is 1.28. The van der Waals surface area contributed by atoms with Crippen molar-refractivity contribution in [1.82, 2.24) is 9.71 Å². The molecule has 0 fully saturated rings. The Morgan fingerprint density at radius 3 is 2.59 bits per heavy atom. The van der Waals surface area contributed by atoms with Crippen LogP contribution in [-0.4, -0.2) is 40.5 Å². The molecule has 0 bridgehead atoms. The zero-order valence-corrected chi connectivity index (χ0v) is 10.2. The Balaban J connectivity index is 2.76. The normalized spacial score (nSPS) is 12.0. The minimum Gasteiger partial charge on any atom is -0.355 e. The maximum atomic E-state index is 12.8. The van der Waals surface area contributed by atoms with E-state index in [-0.39, 0.29) is 11.4 Å². The fraction of sp³-hybridized carbons (Fsp3) is 0.444. The van der Waals surface area contributed by atoms with Gasteiger partial charge in [-0.3, -0.25) is 4.98 Å². The average Bonchev–Trinajstić information content (AvgIpc) is 2.30. The summed E-state index contributed by atoms with van der Waals surface area (Å²) in [5.41, 5.74) is 0. The summed E-state index contributed by atoms with van der Waals surface area (Å²) >= 11 is 0. The Labute approximate surface area is 98.8 Å².